The van der Waals surface area contributed by atoms with E-state index in [1.807, 2.05) is 0 Å². The molecule has 50 heavy (non-hydrogen) atoms. The van der Waals surface area contributed by atoms with Crippen molar-refractivity contribution in [3.63, 3.8) is 0 Å². The highest BCUT2D eigenvalue weighted by atomic mass is 16.3. The summed E-state index contributed by atoms with van der Waals surface area (Å²) in [4.78, 5) is 2.38. The molecule has 0 saturated heterocycles. The summed E-state index contributed by atoms with van der Waals surface area (Å²) >= 11 is 0. The van der Waals surface area contributed by atoms with Gasteiger partial charge in [-0.15, -0.1) is 0 Å². The number of rotatable bonds is 5. The minimum atomic E-state index is -0.280. The zero-order chi connectivity index (χ0) is 33.2. The normalized spacial score (nSPS) is 13.1. The number of furan rings is 1. The van der Waals surface area contributed by atoms with E-state index in [2.05, 4.69) is 194 Å². The molecule has 2 heteroatoms. The monoisotopic (exact) mass is 639 g/mol. The third kappa shape index (κ3) is 4.28. The molecule has 1 heterocycles. The molecule has 1 aliphatic rings. The molecule has 10 rings (SSSR count). The lowest BCUT2D eigenvalue weighted by molar-refractivity contribution is 0.667. The Hall–Kier alpha value is -6.38. The van der Waals surface area contributed by atoms with Crippen molar-refractivity contribution in [2.24, 2.45) is 0 Å². The van der Waals surface area contributed by atoms with Gasteiger partial charge in [-0.2, -0.15) is 0 Å². The van der Waals surface area contributed by atoms with Crippen LogP contribution in [0.2, 0.25) is 0 Å². The van der Waals surface area contributed by atoms with Crippen LogP contribution in [-0.2, 0) is 5.41 Å². The maximum atomic E-state index is 6.50. The molecule has 1 aliphatic carbocycles. The molecule has 0 fully saturated rings. The van der Waals surface area contributed by atoms with Crippen LogP contribution in [0.3, 0.4) is 0 Å². The second-order valence-electron chi connectivity index (χ2n) is 13.5. The van der Waals surface area contributed by atoms with E-state index < -0.39 is 0 Å². The molecular formula is C48H33NO. The van der Waals surface area contributed by atoms with Crippen molar-refractivity contribution in [3.8, 4) is 22.3 Å². The van der Waals surface area contributed by atoms with Gasteiger partial charge >= 0.3 is 0 Å². The Morgan fingerprint density at radius 3 is 1.78 bits per heavy atom. The molecule has 0 bridgehead atoms. The number of hydrogen-bond donors (Lipinski definition) is 0. The summed E-state index contributed by atoms with van der Waals surface area (Å²) in [5, 5.41) is 4.64. The van der Waals surface area contributed by atoms with E-state index in [1.54, 1.807) is 0 Å². The smallest absolute Gasteiger partial charge is 0.135 e. The van der Waals surface area contributed by atoms with Gasteiger partial charge in [-0.05, 0) is 99.8 Å². The molecule has 236 valence electrons. The molecule has 2 nitrogen and oxygen atoms in total. The Bertz CT molecular complexity index is 2670. The molecule has 8 aromatic carbocycles. The van der Waals surface area contributed by atoms with Crippen molar-refractivity contribution >= 4 is 49.8 Å². The average molecular weight is 640 g/mol. The highest BCUT2D eigenvalue weighted by Gasteiger charge is 2.40. The van der Waals surface area contributed by atoms with Crippen molar-refractivity contribution in [2.75, 3.05) is 4.90 Å². The largest absolute Gasteiger partial charge is 0.456 e. The van der Waals surface area contributed by atoms with Crippen molar-refractivity contribution in [2.45, 2.75) is 12.3 Å². The van der Waals surface area contributed by atoms with Gasteiger partial charge in [-0.1, -0.05) is 133 Å². The van der Waals surface area contributed by atoms with Crippen molar-refractivity contribution in [1.82, 2.24) is 0 Å². The van der Waals surface area contributed by atoms with Gasteiger partial charge in [0, 0.05) is 32.9 Å². The van der Waals surface area contributed by atoms with Gasteiger partial charge in [0.2, 0.25) is 0 Å². The lowest BCUT2D eigenvalue weighted by Gasteiger charge is -2.28. The standard InChI is InChI=1S/C48H33NO/c1-48(43-19-9-7-17-39(43)40-18-8-10-20-44(40)48)35-24-28-46-41(30-35)42-31-37(27-29-47(42)50-46)49(45-21-11-15-34-14-5-6-16-38(34)45)36-25-22-33(23-26-36)32-12-3-2-4-13-32/h2-31H,1H3. The average Bonchev–Trinajstić information content (AvgIpc) is 3.68. The van der Waals surface area contributed by atoms with Crippen LogP contribution in [0.25, 0.3) is 55.0 Å². The highest BCUT2D eigenvalue weighted by Crippen LogP contribution is 2.53. The van der Waals surface area contributed by atoms with E-state index in [1.165, 1.54) is 49.7 Å². The molecule has 9 aromatic rings. The first kappa shape index (κ1) is 28.6. The van der Waals surface area contributed by atoms with Crippen LogP contribution in [0.1, 0.15) is 23.6 Å². The summed E-state index contributed by atoms with van der Waals surface area (Å²) in [5.74, 6) is 0. The highest BCUT2D eigenvalue weighted by molar-refractivity contribution is 6.08. The molecule has 0 atom stereocenters. The molecule has 0 radical (unpaired) electrons. The number of nitrogens with zero attached hydrogens (tertiary/aromatic N) is 1. The van der Waals surface area contributed by atoms with Gasteiger partial charge in [-0.25, -0.2) is 0 Å². The van der Waals surface area contributed by atoms with Gasteiger partial charge in [0.1, 0.15) is 11.2 Å². The number of benzene rings is 8. The molecular weight excluding hydrogens is 607 g/mol. The van der Waals surface area contributed by atoms with Crippen LogP contribution in [0, 0.1) is 0 Å². The Morgan fingerprint density at radius 1 is 0.440 bits per heavy atom. The van der Waals surface area contributed by atoms with E-state index in [-0.39, 0.29) is 5.41 Å². The quantitative estimate of drug-likeness (QED) is 0.186. The number of hydrogen-bond acceptors (Lipinski definition) is 2. The Morgan fingerprint density at radius 2 is 1.02 bits per heavy atom. The molecule has 0 spiro atoms. The fourth-order valence-electron chi connectivity index (χ4n) is 8.24. The first-order valence-electron chi connectivity index (χ1n) is 17.3. The molecule has 0 N–H and O–H groups in total. The lowest BCUT2D eigenvalue weighted by Crippen LogP contribution is -2.22. The predicted molar refractivity (Wildman–Crippen MR) is 209 cm³/mol. The van der Waals surface area contributed by atoms with E-state index in [0.29, 0.717) is 0 Å². The second-order valence-corrected chi connectivity index (χ2v) is 13.5. The third-order valence-electron chi connectivity index (χ3n) is 10.8. The molecule has 0 amide bonds. The van der Waals surface area contributed by atoms with Gasteiger partial charge in [0.15, 0.2) is 0 Å². The van der Waals surface area contributed by atoms with E-state index >= 15 is 0 Å². The Kier molecular flexibility index (Phi) is 6.34. The zero-order valence-corrected chi connectivity index (χ0v) is 27.7. The first-order valence-corrected chi connectivity index (χ1v) is 17.3. The van der Waals surface area contributed by atoms with Crippen LogP contribution < -0.4 is 4.90 Å². The SMILES string of the molecule is CC1(c2ccc3oc4ccc(N(c5ccc(-c6ccccc6)cc5)c5cccc6ccccc56)cc4c3c2)c2ccccc2-c2ccccc21. The van der Waals surface area contributed by atoms with Gasteiger partial charge in [0.25, 0.3) is 0 Å². The summed E-state index contributed by atoms with van der Waals surface area (Å²) in [6.45, 7) is 2.37. The topological polar surface area (TPSA) is 16.4 Å². The molecule has 0 saturated carbocycles. The Balaban J connectivity index is 1.16. The second kappa shape index (κ2) is 11.1. The zero-order valence-electron chi connectivity index (χ0n) is 27.7. The van der Waals surface area contributed by atoms with Crippen LogP contribution >= 0.6 is 0 Å². The van der Waals surface area contributed by atoms with E-state index in [9.17, 15) is 0 Å². The van der Waals surface area contributed by atoms with Crippen LogP contribution in [0.5, 0.6) is 0 Å². The van der Waals surface area contributed by atoms with Crippen molar-refractivity contribution < 1.29 is 4.42 Å². The maximum absolute atomic E-state index is 6.50. The first-order chi connectivity index (χ1) is 24.7. The summed E-state index contributed by atoms with van der Waals surface area (Å²) in [6.07, 6.45) is 0. The minimum Gasteiger partial charge on any atom is -0.456 e. The molecule has 1 aromatic heterocycles. The predicted octanol–water partition coefficient (Wildman–Crippen LogP) is 13.2. The molecule has 0 aliphatic heterocycles. The van der Waals surface area contributed by atoms with Gasteiger partial charge in [0.05, 0.1) is 5.69 Å². The third-order valence-corrected chi connectivity index (χ3v) is 10.8. The number of fused-ring (bicyclic) bond motifs is 7. The van der Waals surface area contributed by atoms with Crippen molar-refractivity contribution in [1.29, 1.82) is 0 Å². The van der Waals surface area contributed by atoms with Crippen LogP contribution in [0.15, 0.2) is 186 Å². The van der Waals surface area contributed by atoms with Crippen LogP contribution in [0.4, 0.5) is 17.1 Å². The minimum absolute atomic E-state index is 0.280. The van der Waals surface area contributed by atoms with Crippen LogP contribution in [-0.4, -0.2) is 0 Å². The van der Waals surface area contributed by atoms with Gasteiger partial charge < -0.3 is 9.32 Å². The summed E-state index contributed by atoms with van der Waals surface area (Å²) in [6, 6.07) is 65.7. The summed E-state index contributed by atoms with van der Waals surface area (Å²) < 4.78 is 6.50. The van der Waals surface area contributed by atoms with Gasteiger partial charge in [-0.3, -0.25) is 0 Å². The molecule has 0 unspecified atom stereocenters. The lowest BCUT2D eigenvalue weighted by atomic mass is 9.74. The summed E-state index contributed by atoms with van der Waals surface area (Å²) in [5.41, 5.74) is 13.8. The number of anilines is 3. The fourth-order valence-corrected chi connectivity index (χ4v) is 8.24. The summed E-state index contributed by atoms with van der Waals surface area (Å²) in [7, 11) is 0. The fraction of sp³-hybridized carbons (Fsp3) is 0.0417. The van der Waals surface area contributed by atoms with E-state index in [0.717, 1.165) is 39.0 Å². The van der Waals surface area contributed by atoms with Crippen molar-refractivity contribution in [3.05, 3.63) is 199 Å². The van der Waals surface area contributed by atoms with E-state index in [4.69, 9.17) is 4.42 Å². The Labute approximate surface area is 291 Å². The maximum Gasteiger partial charge on any atom is 0.135 e.